The van der Waals surface area contributed by atoms with Gasteiger partial charge in [-0.05, 0) is 64.2 Å². The van der Waals surface area contributed by atoms with Crippen LogP contribution in [0.1, 0.15) is 168 Å². The molecular weight excluding hydrogens is 496 g/mol. The number of rotatable bonds is 28. The first-order valence-electron chi connectivity index (χ1n) is 16.6. The predicted octanol–water partition coefficient (Wildman–Crippen LogP) is 11.8. The summed E-state index contributed by atoms with van der Waals surface area (Å²) in [7, 11) is 0. The summed E-state index contributed by atoms with van der Waals surface area (Å²) in [5.74, 6) is -1.34. The zero-order valence-corrected chi connectivity index (χ0v) is 26.3. The molecule has 0 bridgehead atoms. The molecule has 232 valence electrons. The quantitative estimate of drug-likeness (QED) is 0.0737. The Labute approximate surface area is 248 Å². The molecule has 0 aliphatic heterocycles. The topological polar surface area (TPSA) is 74.6 Å². The number of carboxylic acids is 2. The fourth-order valence-electron chi connectivity index (χ4n) is 4.21. The average Bonchev–Trinajstić information content (AvgIpc) is 2.93. The lowest BCUT2D eigenvalue weighted by molar-refractivity contribution is -0.138. The van der Waals surface area contributed by atoms with E-state index >= 15 is 0 Å². The molecule has 0 aromatic rings. The fraction of sp³-hybridized carbons (Fsp3) is 0.722. The smallest absolute Gasteiger partial charge is 0.303 e. The largest absolute Gasteiger partial charge is 0.481 e. The maximum Gasteiger partial charge on any atom is 0.303 e. The molecule has 0 heterocycles. The maximum atomic E-state index is 10.3. The second-order valence-corrected chi connectivity index (χ2v) is 10.8. The van der Waals surface area contributed by atoms with Crippen LogP contribution in [0.3, 0.4) is 0 Å². The minimum atomic E-state index is -0.672. The minimum Gasteiger partial charge on any atom is -0.481 e. The molecule has 0 aromatic carbocycles. The van der Waals surface area contributed by atoms with Gasteiger partial charge in [-0.15, -0.1) is 0 Å². The Hall–Kier alpha value is -2.10. The molecule has 0 radical (unpaired) electrons. The highest BCUT2D eigenvalue weighted by molar-refractivity contribution is 5.66. The van der Waals surface area contributed by atoms with Crippen LogP contribution in [-0.2, 0) is 9.59 Å². The van der Waals surface area contributed by atoms with Crippen LogP contribution in [0.25, 0.3) is 0 Å². The molecule has 0 saturated carbocycles. The number of carboxylic acid groups (broad SMARTS) is 2. The van der Waals surface area contributed by atoms with Crippen LogP contribution in [-0.4, -0.2) is 22.2 Å². The highest BCUT2D eigenvalue weighted by Crippen LogP contribution is 2.10. The lowest BCUT2D eigenvalue weighted by Gasteiger charge is -1.99. The molecule has 0 aliphatic rings. The van der Waals surface area contributed by atoms with Crippen molar-refractivity contribution in [3.8, 4) is 0 Å². The molecule has 0 unspecified atom stereocenters. The molecule has 0 aliphatic carbocycles. The van der Waals surface area contributed by atoms with Crippen LogP contribution in [0.4, 0.5) is 0 Å². The Kier molecular flexibility index (Phi) is 36.9. The zero-order valence-electron chi connectivity index (χ0n) is 26.3. The second-order valence-electron chi connectivity index (χ2n) is 10.8. The summed E-state index contributed by atoms with van der Waals surface area (Å²) in [5.41, 5.74) is 0. The van der Waals surface area contributed by atoms with Gasteiger partial charge in [-0.2, -0.15) is 0 Å². The van der Waals surface area contributed by atoms with Gasteiger partial charge in [-0.25, -0.2) is 0 Å². The highest BCUT2D eigenvalue weighted by Gasteiger charge is 1.97. The van der Waals surface area contributed by atoms with E-state index in [1.54, 1.807) is 0 Å². The number of allylic oxidation sites excluding steroid dienone is 8. The van der Waals surface area contributed by atoms with Crippen molar-refractivity contribution in [1.82, 2.24) is 0 Å². The third kappa shape index (κ3) is 43.0. The molecule has 0 rings (SSSR count). The van der Waals surface area contributed by atoms with Gasteiger partial charge in [0, 0.05) is 12.8 Å². The molecule has 4 heteroatoms. The summed E-state index contributed by atoms with van der Waals surface area (Å²) in [5, 5.41) is 17.0. The van der Waals surface area contributed by atoms with Gasteiger partial charge >= 0.3 is 11.9 Å². The molecule has 0 spiro atoms. The standard InChI is InChI=1S/2C18H32O2/c2*1-2-3-4-5-6-7-8-9-10-11-12-13-14-15-16-17-18(19)20/h7-10H,2-6,11-17H2,1H3,(H,19,20);6-9H,2-5,10-17H2,1H3,(H,19,20)/b8-7+,10-9-;7-6-,9-8+. The average molecular weight is 561 g/mol. The molecular formula is C36H64O4. The van der Waals surface area contributed by atoms with Crippen LogP contribution >= 0.6 is 0 Å². The number of unbranched alkanes of at least 4 members (excludes halogenated alkanes) is 18. The monoisotopic (exact) mass is 560 g/mol. The van der Waals surface area contributed by atoms with Crippen molar-refractivity contribution in [2.75, 3.05) is 0 Å². The lowest BCUT2D eigenvalue weighted by atomic mass is 10.1. The van der Waals surface area contributed by atoms with Gasteiger partial charge in [0.05, 0.1) is 0 Å². The van der Waals surface area contributed by atoms with E-state index in [1.165, 1.54) is 96.3 Å². The number of hydrogen-bond donors (Lipinski definition) is 2. The molecule has 0 aromatic heterocycles. The van der Waals surface area contributed by atoms with Crippen molar-refractivity contribution in [3.05, 3.63) is 48.6 Å². The first kappa shape index (κ1) is 40.0. The van der Waals surface area contributed by atoms with Gasteiger partial charge in [-0.1, -0.05) is 140 Å². The zero-order chi connectivity index (χ0) is 29.8. The van der Waals surface area contributed by atoms with Crippen molar-refractivity contribution in [2.24, 2.45) is 0 Å². The number of aliphatic carboxylic acids is 2. The number of hydrogen-bond acceptors (Lipinski definition) is 2. The van der Waals surface area contributed by atoms with E-state index in [-0.39, 0.29) is 0 Å². The number of carbonyl (C=O) groups is 2. The van der Waals surface area contributed by atoms with E-state index in [1.807, 2.05) is 0 Å². The van der Waals surface area contributed by atoms with E-state index in [4.69, 9.17) is 10.2 Å². The van der Waals surface area contributed by atoms with E-state index < -0.39 is 11.9 Å². The Morgan fingerprint density at radius 2 is 0.650 bits per heavy atom. The predicted molar refractivity (Wildman–Crippen MR) is 174 cm³/mol. The molecule has 2 N–H and O–H groups in total. The van der Waals surface area contributed by atoms with Crippen LogP contribution < -0.4 is 0 Å². The summed E-state index contributed by atoms with van der Waals surface area (Å²) in [6.07, 6.45) is 44.6. The Morgan fingerprint density at radius 1 is 0.400 bits per heavy atom. The minimum absolute atomic E-state index is 0.322. The molecule has 40 heavy (non-hydrogen) atoms. The van der Waals surface area contributed by atoms with Gasteiger partial charge < -0.3 is 10.2 Å². The van der Waals surface area contributed by atoms with Gasteiger partial charge in [0.15, 0.2) is 0 Å². The van der Waals surface area contributed by atoms with Crippen molar-refractivity contribution >= 4 is 11.9 Å². The summed E-state index contributed by atoms with van der Waals surface area (Å²) >= 11 is 0. The highest BCUT2D eigenvalue weighted by atomic mass is 16.4. The van der Waals surface area contributed by atoms with Crippen LogP contribution in [0.2, 0.25) is 0 Å². The summed E-state index contributed by atoms with van der Waals surface area (Å²) in [6, 6.07) is 0. The van der Waals surface area contributed by atoms with Crippen molar-refractivity contribution < 1.29 is 19.8 Å². The Morgan fingerprint density at radius 3 is 0.975 bits per heavy atom. The van der Waals surface area contributed by atoms with E-state index in [2.05, 4.69) is 62.5 Å². The van der Waals surface area contributed by atoms with Crippen LogP contribution in [0.15, 0.2) is 48.6 Å². The van der Waals surface area contributed by atoms with Gasteiger partial charge in [0.2, 0.25) is 0 Å². The lowest BCUT2D eigenvalue weighted by Crippen LogP contribution is -1.93. The summed E-state index contributed by atoms with van der Waals surface area (Å²) in [6.45, 7) is 4.47. The third-order valence-electron chi connectivity index (χ3n) is 6.74. The Balaban J connectivity index is 0. The first-order valence-corrected chi connectivity index (χ1v) is 16.6. The van der Waals surface area contributed by atoms with Gasteiger partial charge in [-0.3, -0.25) is 9.59 Å². The first-order chi connectivity index (χ1) is 19.5. The SMILES string of the molecule is CCCCC/C=C\C=C\CCCCCCCCC(=O)O.CCCCCC/C=C/C=C\CCCCCCCC(=O)O. The normalized spacial score (nSPS) is 11.7. The summed E-state index contributed by atoms with van der Waals surface area (Å²) in [4.78, 5) is 20.6. The second kappa shape index (κ2) is 36.9. The van der Waals surface area contributed by atoms with Gasteiger partial charge in [0.25, 0.3) is 0 Å². The van der Waals surface area contributed by atoms with Crippen molar-refractivity contribution in [3.63, 3.8) is 0 Å². The molecule has 0 atom stereocenters. The van der Waals surface area contributed by atoms with Crippen molar-refractivity contribution in [1.29, 1.82) is 0 Å². The Bertz CT molecular complexity index is 645. The van der Waals surface area contributed by atoms with Gasteiger partial charge in [0.1, 0.15) is 0 Å². The van der Waals surface area contributed by atoms with E-state index in [0.717, 1.165) is 44.9 Å². The third-order valence-corrected chi connectivity index (χ3v) is 6.74. The van der Waals surface area contributed by atoms with E-state index in [9.17, 15) is 9.59 Å². The molecule has 0 amide bonds. The molecule has 4 nitrogen and oxygen atoms in total. The van der Waals surface area contributed by atoms with E-state index in [0.29, 0.717) is 12.8 Å². The van der Waals surface area contributed by atoms with Crippen molar-refractivity contribution in [2.45, 2.75) is 168 Å². The summed E-state index contributed by atoms with van der Waals surface area (Å²) < 4.78 is 0. The molecule has 0 saturated heterocycles. The maximum absolute atomic E-state index is 10.3. The van der Waals surface area contributed by atoms with Crippen LogP contribution in [0, 0.1) is 0 Å². The van der Waals surface area contributed by atoms with Crippen LogP contribution in [0.5, 0.6) is 0 Å². The molecule has 0 fully saturated rings. The fourth-order valence-corrected chi connectivity index (χ4v) is 4.21.